The number of carbonyl (C=O) groups excluding carboxylic acids is 1. The highest BCUT2D eigenvalue weighted by Crippen LogP contribution is 2.09. The van der Waals surface area contributed by atoms with Crippen LogP contribution < -0.4 is 5.32 Å². The topological polar surface area (TPSA) is 46.9 Å². The molecule has 0 unspecified atom stereocenters. The SMILES string of the molecule is CCCCCCCC(=O)Nc1ccn(Cc2ccccc2)n1. The largest absolute Gasteiger partial charge is 0.309 e. The van der Waals surface area contributed by atoms with Crippen LogP contribution in [0.1, 0.15) is 51.0 Å². The molecule has 0 aliphatic heterocycles. The minimum atomic E-state index is 0.0569. The third kappa shape index (κ3) is 5.72. The number of nitrogens with one attached hydrogen (secondary N) is 1. The maximum atomic E-state index is 11.9. The summed E-state index contributed by atoms with van der Waals surface area (Å²) in [5.74, 6) is 0.691. The third-order valence-corrected chi connectivity index (χ3v) is 3.60. The minimum absolute atomic E-state index is 0.0569. The maximum absolute atomic E-state index is 11.9. The van der Waals surface area contributed by atoms with Crippen molar-refractivity contribution in [2.75, 3.05) is 5.32 Å². The van der Waals surface area contributed by atoms with E-state index in [1.54, 1.807) is 0 Å². The molecule has 1 N–H and O–H groups in total. The van der Waals surface area contributed by atoms with Gasteiger partial charge in [0.1, 0.15) is 0 Å². The van der Waals surface area contributed by atoms with Crippen molar-refractivity contribution in [2.24, 2.45) is 0 Å². The van der Waals surface area contributed by atoms with Gasteiger partial charge in [-0.3, -0.25) is 9.48 Å². The molecule has 0 bridgehead atoms. The van der Waals surface area contributed by atoms with E-state index in [9.17, 15) is 4.79 Å². The Kier molecular flexibility index (Phi) is 6.68. The van der Waals surface area contributed by atoms with Crippen LogP contribution in [0.4, 0.5) is 5.82 Å². The van der Waals surface area contributed by atoms with Gasteiger partial charge < -0.3 is 5.32 Å². The van der Waals surface area contributed by atoms with Crippen LogP contribution in [-0.2, 0) is 11.3 Å². The quantitative estimate of drug-likeness (QED) is 0.704. The van der Waals surface area contributed by atoms with Crippen LogP contribution in [0.2, 0.25) is 0 Å². The van der Waals surface area contributed by atoms with E-state index in [4.69, 9.17) is 0 Å². The van der Waals surface area contributed by atoms with Gasteiger partial charge in [-0.25, -0.2) is 0 Å². The molecular weight excluding hydrogens is 274 g/mol. The average Bonchev–Trinajstić information content (AvgIpc) is 2.95. The molecule has 2 rings (SSSR count). The number of anilines is 1. The molecule has 1 aromatic carbocycles. The Hall–Kier alpha value is -2.10. The van der Waals surface area contributed by atoms with E-state index in [1.807, 2.05) is 35.1 Å². The highest BCUT2D eigenvalue weighted by molar-refractivity contribution is 5.89. The van der Waals surface area contributed by atoms with Crippen molar-refractivity contribution in [2.45, 2.75) is 52.0 Å². The molecule has 0 radical (unpaired) electrons. The predicted octanol–water partition coefficient (Wildman–Crippen LogP) is 4.23. The Bertz CT molecular complexity index is 563. The standard InChI is InChI=1S/C18H25N3O/c1-2-3-4-5-9-12-18(22)19-17-13-14-21(20-17)15-16-10-7-6-8-11-16/h6-8,10-11,13-14H,2-5,9,12,15H2,1H3,(H,19,20,22). The summed E-state index contributed by atoms with van der Waals surface area (Å²) < 4.78 is 1.84. The molecular formula is C18H25N3O. The van der Waals surface area contributed by atoms with Crippen molar-refractivity contribution in [3.05, 3.63) is 48.2 Å². The van der Waals surface area contributed by atoms with E-state index in [-0.39, 0.29) is 5.91 Å². The number of carbonyl (C=O) groups is 1. The van der Waals surface area contributed by atoms with Gasteiger partial charge in [-0.05, 0) is 12.0 Å². The summed E-state index contributed by atoms with van der Waals surface area (Å²) in [6, 6.07) is 12.0. The Balaban J connectivity index is 1.73. The monoisotopic (exact) mass is 299 g/mol. The Morgan fingerprint density at radius 3 is 2.64 bits per heavy atom. The molecule has 22 heavy (non-hydrogen) atoms. The van der Waals surface area contributed by atoms with Crippen molar-refractivity contribution in [1.29, 1.82) is 0 Å². The first-order valence-electron chi connectivity index (χ1n) is 8.15. The highest BCUT2D eigenvalue weighted by Gasteiger charge is 2.05. The molecule has 1 amide bonds. The zero-order chi connectivity index (χ0) is 15.6. The van der Waals surface area contributed by atoms with Crippen LogP contribution in [0.3, 0.4) is 0 Å². The lowest BCUT2D eigenvalue weighted by atomic mass is 10.1. The van der Waals surface area contributed by atoms with Crippen LogP contribution in [0.25, 0.3) is 0 Å². The summed E-state index contributed by atoms with van der Waals surface area (Å²) in [5.41, 5.74) is 1.19. The summed E-state index contributed by atoms with van der Waals surface area (Å²) in [6.07, 6.45) is 8.26. The predicted molar refractivity (Wildman–Crippen MR) is 89.8 cm³/mol. The summed E-state index contributed by atoms with van der Waals surface area (Å²) in [7, 11) is 0. The first kappa shape index (κ1) is 16.3. The maximum Gasteiger partial charge on any atom is 0.225 e. The summed E-state index contributed by atoms with van der Waals surface area (Å²) in [6.45, 7) is 2.91. The molecule has 0 saturated carbocycles. The zero-order valence-electron chi connectivity index (χ0n) is 13.3. The second kappa shape index (κ2) is 9.03. The van der Waals surface area contributed by atoms with Crippen molar-refractivity contribution in [3.8, 4) is 0 Å². The van der Waals surface area contributed by atoms with Crippen LogP contribution in [-0.4, -0.2) is 15.7 Å². The van der Waals surface area contributed by atoms with E-state index < -0.39 is 0 Å². The Morgan fingerprint density at radius 2 is 1.86 bits per heavy atom. The summed E-state index contributed by atoms with van der Waals surface area (Å²) in [5, 5.41) is 7.26. The fourth-order valence-corrected chi connectivity index (χ4v) is 2.38. The molecule has 1 aromatic heterocycles. The summed E-state index contributed by atoms with van der Waals surface area (Å²) >= 11 is 0. The van der Waals surface area contributed by atoms with Crippen LogP contribution >= 0.6 is 0 Å². The van der Waals surface area contributed by atoms with E-state index >= 15 is 0 Å². The fraction of sp³-hybridized carbons (Fsp3) is 0.444. The number of hydrogen-bond acceptors (Lipinski definition) is 2. The lowest BCUT2D eigenvalue weighted by molar-refractivity contribution is -0.116. The molecule has 4 nitrogen and oxygen atoms in total. The fourth-order valence-electron chi connectivity index (χ4n) is 2.38. The minimum Gasteiger partial charge on any atom is -0.309 e. The molecule has 118 valence electrons. The molecule has 1 heterocycles. The van der Waals surface area contributed by atoms with Gasteiger partial charge in [-0.1, -0.05) is 62.9 Å². The molecule has 4 heteroatoms. The lowest BCUT2D eigenvalue weighted by Gasteiger charge is -2.03. The first-order chi connectivity index (χ1) is 10.8. The molecule has 0 fully saturated rings. The number of aromatic nitrogens is 2. The van der Waals surface area contributed by atoms with Gasteiger partial charge in [-0.2, -0.15) is 5.10 Å². The molecule has 0 spiro atoms. The Morgan fingerprint density at radius 1 is 1.09 bits per heavy atom. The zero-order valence-corrected chi connectivity index (χ0v) is 13.3. The summed E-state index contributed by atoms with van der Waals surface area (Å²) in [4.78, 5) is 11.9. The molecule has 2 aromatic rings. The third-order valence-electron chi connectivity index (χ3n) is 3.60. The number of benzene rings is 1. The second-order valence-electron chi connectivity index (χ2n) is 5.60. The Labute approximate surface area is 132 Å². The highest BCUT2D eigenvalue weighted by atomic mass is 16.1. The van der Waals surface area contributed by atoms with Gasteiger partial charge in [0.2, 0.25) is 5.91 Å². The van der Waals surface area contributed by atoms with Gasteiger partial charge in [0, 0.05) is 18.7 Å². The van der Waals surface area contributed by atoms with Crippen molar-refractivity contribution in [1.82, 2.24) is 9.78 Å². The normalized spacial score (nSPS) is 10.6. The lowest BCUT2D eigenvalue weighted by Crippen LogP contribution is -2.12. The molecule has 0 aliphatic carbocycles. The van der Waals surface area contributed by atoms with Crippen LogP contribution in [0, 0.1) is 0 Å². The smallest absolute Gasteiger partial charge is 0.225 e. The van der Waals surface area contributed by atoms with Gasteiger partial charge >= 0.3 is 0 Å². The first-order valence-corrected chi connectivity index (χ1v) is 8.15. The number of hydrogen-bond donors (Lipinski definition) is 1. The number of rotatable bonds is 9. The van der Waals surface area contributed by atoms with E-state index in [0.29, 0.717) is 18.8 Å². The second-order valence-corrected chi connectivity index (χ2v) is 5.60. The number of amides is 1. The molecule has 0 aliphatic rings. The van der Waals surface area contributed by atoms with Gasteiger partial charge in [0.05, 0.1) is 6.54 Å². The number of nitrogens with zero attached hydrogens (tertiary/aromatic N) is 2. The van der Waals surface area contributed by atoms with Gasteiger partial charge in [-0.15, -0.1) is 0 Å². The molecule has 0 atom stereocenters. The van der Waals surface area contributed by atoms with E-state index in [1.165, 1.54) is 24.8 Å². The van der Waals surface area contributed by atoms with Gasteiger partial charge in [0.15, 0.2) is 5.82 Å². The van der Waals surface area contributed by atoms with Crippen molar-refractivity contribution >= 4 is 11.7 Å². The average molecular weight is 299 g/mol. The van der Waals surface area contributed by atoms with E-state index in [0.717, 1.165) is 12.8 Å². The van der Waals surface area contributed by atoms with Crippen molar-refractivity contribution < 1.29 is 4.79 Å². The number of unbranched alkanes of at least 4 members (excludes halogenated alkanes) is 4. The van der Waals surface area contributed by atoms with Gasteiger partial charge in [0.25, 0.3) is 0 Å². The van der Waals surface area contributed by atoms with E-state index in [2.05, 4.69) is 29.5 Å². The van der Waals surface area contributed by atoms with Crippen LogP contribution in [0.15, 0.2) is 42.6 Å². The van der Waals surface area contributed by atoms with Crippen molar-refractivity contribution in [3.63, 3.8) is 0 Å². The van der Waals surface area contributed by atoms with Crippen LogP contribution in [0.5, 0.6) is 0 Å². The molecule has 0 saturated heterocycles.